The molecule has 2 N–H and O–H groups in total. The van der Waals surface area contributed by atoms with Crippen molar-refractivity contribution in [1.82, 2.24) is 19.9 Å². The first-order valence-corrected chi connectivity index (χ1v) is 12.6. The van der Waals surface area contributed by atoms with Gasteiger partial charge in [-0.15, -0.1) is 0 Å². The van der Waals surface area contributed by atoms with Gasteiger partial charge in [0.15, 0.2) is 11.6 Å². The second kappa shape index (κ2) is 13.1. The van der Waals surface area contributed by atoms with E-state index in [1.165, 1.54) is 12.4 Å². The highest BCUT2D eigenvalue weighted by molar-refractivity contribution is 9.24. The summed E-state index contributed by atoms with van der Waals surface area (Å²) in [4.78, 5) is 39.0. The van der Waals surface area contributed by atoms with Gasteiger partial charge >= 0.3 is 12.2 Å². The van der Waals surface area contributed by atoms with Gasteiger partial charge in [-0.25, -0.2) is 19.6 Å². The summed E-state index contributed by atoms with van der Waals surface area (Å²) in [5.74, 6) is 0.725. The van der Waals surface area contributed by atoms with Gasteiger partial charge in [-0.1, -0.05) is 47.8 Å². The Morgan fingerprint density at radius 3 is 1.58 bits per heavy atom. The van der Waals surface area contributed by atoms with Gasteiger partial charge < -0.3 is 9.47 Å². The number of carbonyl (C=O) groups excluding carboxylic acids is 2. The van der Waals surface area contributed by atoms with Gasteiger partial charge in [0, 0.05) is 5.33 Å². The van der Waals surface area contributed by atoms with Crippen molar-refractivity contribution < 1.29 is 19.1 Å². The molecule has 33 heavy (non-hydrogen) atoms. The smallest absolute Gasteiger partial charge is 0.413 e. The first-order valence-electron chi connectivity index (χ1n) is 9.65. The van der Waals surface area contributed by atoms with E-state index < -0.39 is 23.4 Å². The van der Waals surface area contributed by atoms with E-state index in [1.807, 2.05) is 0 Å². The van der Waals surface area contributed by atoms with Gasteiger partial charge in [0.25, 0.3) is 0 Å². The highest BCUT2D eigenvalue weighted by Crippen LogP contribution is 2.26. The van der Waals surface area contributed by atoms with E-state index in [2.05, 4.69) is 78.4 Å². The van der Waals surface area contributed by atoms with Gasteiger partial charge in [0.2, 0.25) is 0 Å². The molecule has 2 rings (SSSR count). The Hall–Kier alpha value is -1.86. The molecule has 13 heteroatoms. The lowest BCUT2D eigenvalue weighted by Gasteiger charge is -2.19. The molecule has 2 aromatic heterocycles. The Kier molecular flexibility index (Phi) is 11.6. The van der Waals surface area contributed by atoms with E-state index in [1.54, 1.807) is 53.9 Å². The van der Waals surface area contributed by atoms with E-state index >= 15 is 0 Å². The molecule has 2 aromatic rings. The fourth-order valence-electron chi connectivity index (χ4n) is 1.82. The number of rotatable bonds is 4. The maximum Gasteiger partial charge on any atom is 0.413 e. The number of hydrogen-bond donors (Lipinski definition) is 2. The molecule has 0 atom stereocenters. The Morgan fingerprint density at radius 1 is 0.818 bits per heavy atom. The van der Waals surface area contributed by atoms with E-state index in [0.717, 1.165) is 11.4 Å². The molecule has 2 amide bonds. The largest absolute Gasteiger partial charge is 0.444 e. The first kappa shape index (κ1) is 29.2. The van der Waals surface area contributed by atoms with E-state index in [-0.39, 0.29) is 3.74 Å². The lowest BCUT2D eigenvalue weighted by atomic mass is 10.2. The van der Waals surface area contributed by atoms with Crippen LogP contribution in [0.15, 0.2) is 24.8 Å². The standard InChI is InChI=1S/C10H13Br2N3O2.C10H14BrN3O2/c1-10(2,3)17-9(16)15-7-5-13-6(4-14-7)8(11)12;1-10(2,3)16-9(15)14-8-6-12-7(4-11)5-13-8/h4-5,8H,1-3H3,(H,14,15,16);5-6H,4H2,1-3H3,(H,13,14,15). The van der Waals surface area contributed by atoms with E-state index in [0.29, 0.717) is 17.0 Å². The van der Waals surface area contributed by atoms with Crippen molar-refractivity contribution in [3.05, 3.63) is 36.2 Å². The molecule has 0 saturated heterocycles. The number of carbonyl (C=O) groups is 2. The summed E-state index contributed by atoms with van der Waals surface area (Å²) in [7, 11) is 0. The van der Waals surface area contributed by atoms with Crippen molar-refractivity contribution in [2.24, 2.45) is 0 Å². The van der Waals surface area contributed by atoms with Crippen LogP contribution in [0.25, 0.3) is 0 Å². The summed E-state index contributed by atoms with van der Waals surface area (Å²) in [5, 5.41) is 5.63. The molecule has 0 unspecified atom stereocenters. The number of ether oxygens (including phenoxy) is 2. The van der Waals surface area contributed by atoms with Crippen LogP contribution in [0.2, 0.25) is 0 Å². The molecule has 0 bridgehead atoms. The third-order valence-corrected chi connectivity index (χ3v) is 4.51. The molecule has 182 valence electrons. The Morgan fingerprint density at radius 2 is 1.27 bits per heavy atom. The molecule has 0 fully saturated rings. The molecule has 0 aromatic carbocycles. The second-order valence-corrected chi connectivity index (χ2v) is 12.0. The monoisotopic (exact) mass is 652 g/mol. The zero-order chi connectivity index (χ0) is 25.2. The van der Waals surface area contributed by atoms with Gasteiger partial charge in [0.05, 0.1) is 36.2 Å². The van der Waals surface area contributed by atoms with Crippen LogP contribution in [0, 0.1) is 0 Å². The van der Waals surface area contributed by atoms with E-state index in [9.17, 15) is 9.59 Å². The predicted molar refractivity (Wildman–Crippen MR) is 137 cm³/mol. The second-order valence-electron chi connectivity index (χ2n) is 8.41. The minimum absolute atomic E-state index is 0.0573. The number of halogens is 3. The molecule has 0 aliphatic heterocycles. The van der Waals surface area contributed by atoms with Crippen LogP contribution in [-0.2, 0) is 14.8 Å². The summed E-state index contributed by atoms with van der Waals surface area (Å²) >= 11 is 9.86. The van der Waals surface area contributed by atoms with Crippen molar-refractivity contribution in [3.8, 4) is 0 Å². The van der Waals surface area contributed by atoms with Gasteiger partial charge in [-0.3, -0.25) is 20.6 Å². The molecule has 0 saturated carbocycles. The van der Waals surface area contributed by atoms with Crippen molar-refractivity contribution in [2.75, 3.05) is 10.6 Å². The van der Waals surface area contributed by atoms with Crippen LogP contribution in [0.5, 0.6) is 0 Å². The van der Waals surface area contributed by atoms with Crippen LogP contribution < -0.4 is 10.6 Å². The van der Waals surface area contributed by atoms with Crippen molar-refractivity contribution in [2.45, 2.75) is 61.8 Å². The topological polar surface area (TPSA) is 128 Å². The van der Waals surface area contributed by atoms with Gasteiger partial charge in [0.1, 0.15) is 14.9 Å². The Bertz CT molecular complexity index is 898. The van der Waals surface area contributed by atoms with Crippen LogP contribution in [0.3, 0.4) is 0 Å². The molecule has 0 spiro atoms. The zero-order valence-electron chi connectivity index (χ0n) is 19.1. The van der Waals surface area contributed by atoms with Crippen molar-refractivity contribution in [3.63, 3.8) is 0 Å². The highest BCUT2D eigenvalue weighted by atomic mass is 79.9. The Labute approximate surface area is 218 Å². The zero-order valence-corrected chi connectivity index (χ0v) is 23.9. The summed E-state index contributed by atoms with van der Waals surface area (Å²) in [5.41, 5.74) is 0.469. The fourth-order valence-corrected chi connectivity index (χ4v) is 2.58. The molecule has 0 aliphatic carbocycles. The number of amides is 2. The number of alkyl halides is 3. The number of nitrogens with zero attached hydrogens (tertiary/aromatic N) is 4. The minimum Gasteiger partial charge on any atom is -0.444 e. The Balaban J connectivity index is 0.000000331. The molecule has 2 heterocycles. The SMILES string of the molecule is CC(C)(C)OC(=O)Nc1cnc(C(Br)Br)cn1.CC(C)(C)OC(=O)Nc1cnc(CBr)cn1. The molecule has 0 radical (unpaired) electrons. The van der Waals surface area contributed by atoms with E-state index in [4.69, 9.17) is 9.47 Å². The normalized spacial score (nSPS) is 11.2. The fraction of sp³-hybridized carbons (Fsp3) is 0.500. The summed E-state index contributed by atoms with van der Waals surface area (Å²) in [6, 6.07) is 0. The number of anilines is 2. The van der Waals surface area contributed by atoms with Gasteiger partial charge in [-0.05, 0) is 41.5 Å². The number of aromatic nitrogens is 4. The average Bonchev–Trinajstić information content (AvgIpc) is 2.66. The third kappa shape index (κ3) is 13.4. The van der Waals surface area contributed by atoms with Crippen molar-refractivity contribution in [1.29, 1.82) is 0 Å². The van der Waals surface area contributed by atoms with Crippen molar-refractivity contribution >= 4 is 71.6 Å². The molecule has 10 nitrogen and oxygen atoms in total. The number of nitrogens with one attached hydrogen (secondary N) is 2. The summed E-state index contributed by atoms with van der Waals surface area (Å²) in [6.07, 6.45) is 5.01. The third-order valence-electron chi connectivity index (χ3n) is 3.00. The average molecular weight is 655 g/mol. The quantitative estimate of drug-likeness (QED) is 0.366. The summed E-state index contributed by atoms with van der Waals surface area (Å²) < 4.78 is 10.1. The predicted octanol–water partition coefficient (Wildman–Crippen LogP) is 6.33. The van der Waals surface area contributed by atoms with Crippen LogP contribution in [0.4, 0.5) is 21.2 Å². The maximum atomic E-state index is 11.4. The van der Waals surface area contributed by atoms with Crippen LogP contribution in [0.1, 0.15) is 56.7 Å². The van der Waals surface area contributed by atoms with Crippen LogP contribution >= 0.6 is 47.8 Å². The van der Waals surface area contributed by atoms with Gasteiger partial charge in [-0.2, -0.15) is 0 Å². The molecule has 0 aliphatic rings. The highest BCUT2D eigenvalue weighted by Gasteiger charge is 2.17. The minimum atomic E-state index is -0.547. The lowest BCUT2D eigenvalue weighted by Crippen LogP contribution is -2.27. The summed E-state index contributed by atoms with van der Waals surface area (Å²) in [6.45, 7) is 10.8. The lowest BCUT2D eigenvalue weighted by molar-refractivity contribution is 0.0624. The number of hydrogen-bond acceptors (Lipinski definition) is 8. The first-order chi connectivity index (χ1) is 15.2. The maximum absolute atomic E-state index is 11.4. The van der Waals surface area contributed by atoms with Crippen LogP contribution in [-0.4, -0.2) is 43.3 Å². The molecular formula is C20H27Br3N6O4. The molecular weight excluding hydrogens is 628 g/mol.